The molecule has 0 bridgehead atoms. The monoisotopic (exact) mass is 824 g/mol. The zero-order valence-electron chi connectivity index (χ0n) is 30.8. The van der Waals surface area contributed by atoms with Gasteiger partial charge < -0.3 is 5.11 Å². The van der Waals surface area contributed by atoms with E-state index in [1.807, 2.05) is 53.9 Å². The number of hydrogen-bond donors (Lipinski definition) is 1. The Bertz CT molecular complexity index is 1750. The molecule has 4 nitrogen and oxygen atoms in total. The third-order valence-corrected chi connectivity index (χ3v) is 10.9. The van der Waals surface area contributed by atoms with Crippen molar-refractivity contribution in [1.29, 1.82) is 0 Å². The molecule has 259 valence electrons. The second-order valence-electron chi connectivity index (χ2n) is 14.4. The molecule has 1 N–H and O–H groups in total. The maximum absolute atomic E-state index is 12.2. The first kappa shape index (κ1) is 39.3. The van der Waals surface area contributed by atoms with Gasteiger partial charge in [0.1, 0.15) is 5.76 Å². The third kappa shape index (κ3) is 8.17. The Morgan fingerprint density at radius 2 is 1.52 bits per heavy atom. The first-order chi connectivity index (χ1) is 22.3. The quantitative estimate of drug-likeness (QED) is 0.0983. The van der Waals surface area contributed by atoms with Crippen LogP contribution in [0.25, 0.3) is 33.3 Å². The smallest absolute Gasteiger partial charge is 0.164 e. The number of carbonyl (C=O) groups is 1. The molecule has 5 rings (SSSR count). The van der Waals surface area contributed by atoms with Crippen LogP contribution in [0.15, 0.2) is 66.7 Å². The van der Waals surface area contributed by atoms with Gasteiger partial charge in [-0.15, -0.1) is 29.1 Å². The Morgan fingerprint density at radius 3 is 2.12 bits per heavy atom. The molecule has 48 heavy (non-hydrogen) atoms. The van der Waals surface area contributed by atoms with Crippen molar-refractivity contribution in [2.75, 3.05) is 0 Å². The minimum absolute atomic E-state index is 0. The summed E-state index contributed by atoms with van der Waals surface area (Å²) in [6.07, 6.45) is 10.7. The molecule has 1 aliphatic carbocycles. The van der Waals surface area contributed by atoms with Gasteiger partial charge in [-0.1, -0.05) is 104 Å². The fourth-order valence-electron chi connectivity index (χ4n) is 6.28. The summed E-state index contributed by atoms with van der Waals surface area (Å²) in [5, 5.41) is 12.6. The summed E-state index contributed by atoms with van der Waals surface area (Å²) in [5.74, 6) is 1.23. The normalized spacial score (nSPS) is 13.0. The van der Waals surface area contributed by atoms with Crippen molar-refractivity contribution in [2.45, 2.75) is 120 Å². The van der Waals surface area contributed by atoms with E-state index in [1.165, 1.54) is 39.3 Å². The maximum Gasteiger partial charge on any atom is 0.164 e. The molecule has 0 atom stereocenters. The molecule has 0 saturated carbocycles. The Hall–Kier alpha value is -3.14. The van der Waals surface area contributed by atoms with Crippen LogP contribution in [-0.4, -0.2) is 20.9 Å². The summed E-state index contributed by atoms with van der Waals surface area (Å²) in [7, 11) is 0. The van der Waals surface area contributed by atoms with Gasteiger partial charge in [0, 0.05) is 55.1 Å². The minimum Gasteiger partial charge on any atom is -0.512 e. The van der Waals surface area contributed by atoms with Crippen molar-refractivity contribution in [3.8, 4) is 22.5 Å². The van der Waals surface area contributed by atoms with Gasteiger partial charge in [0.05, 0.1) is 5.69 Å². The van der Waals surface area contributed by atoms with E-state index in [4.69, 9.17) is 9.97 Å². The summed E-state index contributed by atoms with van der Waals surface area (Å²) in [5.41, 5.74) is 9.22. The topological polar surface area (TPSA) is 63.1 Å². The van der Waals surface area contributed by atoms with Gasteiger partial charge in [-0.2, -0.15) is 0 Å². The Balaban J connectivity index is 0.000000301. The molecule has 0 fully saturated rings. The van der Waals surface area contributed by atoms with Gasteiger partial charge in [0.2, 0.25) is 0 Å². The van der Waals surface area contributed by atoms with E-state index in [-0.39, 0.29) is 42.5 Å². The van der Waals surface area contributed by atoms with E-state index in [2.05, 4.69) is 76.2 Å². The van der Waals surface area contributed by atoms with Crippen LogP contribution < -0.4 is 0 Å². The number of rotatable bonds is 10. The Morgan fingerprint density at radius 1 is 0.875 bits per heavy atom. The third-order valence-electron chi connectivity index (χ3n) is 10.9. The second-order valence-corrected chi connectivity index (χ2v) is 14.4. The van der Waals surface area contributed by atoms with Crippen LogP contribution in [0.5, 0.6) is 0 Å². The van der Waals surface area contributed by atoms with Crippen LogP contribution in [0.1, 0.15) is 129 Å². The fourth-order valence-corrected chi connectivity index (χ4v) is 6.28. The molecular formula is C43H55IrN2O2-. The second kappa shape index (κ2) is 16.5. The zero-order chi connectivity index (χ0) is 34.5. The Kier molecular flexibility index (Phi) is 13.5. The molecule has 5 heteroatoms. The molecule has 2 aromatic heterocycles. The van der Waals surface area contributed by atoms with Crippen molar-refractivity contribution in [3.05, 3.63) is 95.0 Å². The largest absolute Gasteiger partial charge is 0.512 e. The average Bonchev–Trinajstić information content (AvgIpc) is 3.09. The van der Waals surface area contributed by atoms with Crippen LogP contribution in [-0.2, 0) is 37.7 Å². The van der Waals surface area contributed by atoms with E-state index < -0.39 is 0 Å². The number of aliphatic hydroxyl groups excluding tert-OH is 1. The first-order valence-corrected chi connectivity index (χ1v) is 17.7. The summed E-state index contributed by atoms with van der Waals surface area (Å²) in [4.78, 5) is 21.9. The van der Waals surface area contributed by atoms with Gasteiger partial charge in [-0.3, -0.25) is 14.8 Å². The van der Waals surface area contributed by atoms with E-state index in [0.29, 0.717) is 11.8 Å². The first-order valence-electron chi connectivity index (χ1n) is 17.7. The number of allylic oxidation sites excluding steroid dienone is 2. The number of aryl methyl sites for hydroxylation is 1. The molecule has 0 saturated heterocycles. The van der Waals surface area contributed by atoms with E-state index in [1.54, 1.807) is 0 Å². The van der Waals surface area contributed by atoms with Crippen molar-refractivity contribution in [1.82, 2.24) is 9.97 Å². The number of nitrogens with zero attached hydrogens (tertiary/aromatic N) is 2. The summed E-state index contributed by atoms with van der Waals surface area (Å²) >= 11 is 0. The molecular weight excluding hydrogens is 769 g/mol. The molecule has 0 aliphatic heterocycles. The molecule has 0 amide bonds. The van der Waals surface area contributed by atoms with E-state index >= 15 is 0 Å². The number of aromatic nitrogens is 2. The van der Waals surface area contributed by atoms with Crippen LogP contribution >= 0.6 is 0 Å². The van der Waals surface area contributed by atoms with Gasteiger partial charge in [0.15, 0.2) is 5.78 Å². The summed E-state index contributed by atoms with van der Waals surface area (Å²) < 4.78 is 0. The van der Waals surface area contributed by atoms with Crippen molar-refractivity contribution < 1.29 is 30.0 Å². The van der Waals surface area contributed by atoms with Crippen molar-refractivity contribution >= 4 is 16.6 Å². The van der Waals surface area contributed by atoms with Gasteiger partial charge in [0.25, 0.3) is 0 Å². The number of hydrogen-bond acceptors (Lipinski definition) is 4. The average molecular weight is 824 g/mol. The van der Waals surface area contributed by atoms with Gasteiger partial charge in [-0.25, -0.2) is 0 Å². The number of carbonyl (C=O) groups excluding carboxylic acids is 1. The number of pyridine rings is 2. The molecule has 1 radical (unpaired) electrons. The van der Waals surface area contributed by atoms with Crippen LogP contribution in [0, 0.1) is 16.9 Å². The molecule has 2 aromatic carbocycles. The van der Waals surface area contributed by atoms with E-state index in [9.17, 15) is 9.90 Å². The predicted molar refractivity (Wildman–Crippen MR) is 198 cm³/mol. The minimum atomic E-state index is -0.337. The standard InChI is InChI=1S/C28H27N2.C15H28O2.Ir/c1-17(2)22-14-20-9-10-24-25(27(20)30-16-22)11-12-29-28(24)21-13-19-7-5-6-8-23(19)26(15-21)18(3)4;1-7-14(5,8-2)12(16)11-13(17)15(6,9-3)10-4;/h5-8,11-12,14-18H,9-10H2,1-4H3;11,16H,7-10H2,1-6H3;/q-1;;/b;12-11-;. The summed E-state index contributed by atoms with van der Waals surface area (Å²) in [6.45, 7) is 21.0. The fraction of sp³-hybridized carbons (Fsp3) is 0.465. The van der Waals surface area contributed by atoms with Crippen LogP contribution in [0.3, 0.4) is 0 Å². The summed E-state index contributed by atoms with van der Waals surface area (Å²) in [6, 6.07) is 19.0. The number of benzene rings is 2. The van der Waals surface area contributed by atoms with Crippen molar-refractivity contribution in [3.63, 3.8) is 0 Å². The van der Waals surface area contributed by atoms with E-state index in [0.717, 1.165) is 60.9 Å². The van der Waals surface area contributed by atoms with Gasteiger partial charge in [-0.05, 0) is 78.7 Å². The Labute approximate surface area is 303 Å². The molecule has 1 aliphatic rings. The molecule has 0 spiro atoms. The van der Waals surface area contributed by atoms with Gasteiger partial charge >= 0.3 is 0 Å². The number of ketones is 1. The van der Waals surface area contributed by atoms with Crippen LogP contribution in [0.4, 0.5) is 0 Å². The van der Waals surface area contributed by atoms with Crippen molar-refractivity contribution in [2.24, 2.45) is 10.8 Å². The predicted octanol–water partition coefficient (Wildman–Crippen LogP) is 11.8. The van der Waals surface area contributed by atoms with Crippen LogP contribution in [0.2, 0.25) is 0 Å². The molecule has 2 heterocycles. The SMILES string of the molecule is CC(C)c1cnc2c(c1)CCc1c-2ccnc1-c1[c-]c2ccccc2c(C(C)C)c1.CCC(C)(CC)C(=O)/C=C(\O)C(C)(CC)CC.[Ir]. The maximum atomic E-state index is 12.2. The zero-order valence-corrected chi connectivity index (χ0v) is 33.1. The molecule has 4 aromatic rings. The number of fused-ring (bicyclic) bond motifs is 4. The number of aliphatic hydroxyl groups is 1. The molecule has 0 unspecified atom stereocenters.